The highest BCUT2D eigenvalue weighted by Crippen LogP contribution is 2.13. The van der Waals surface area contributed by atoms with Crippen molar-refractivity contribution in [3.8, 4) is 0 Å². The van der Waals surface area contributed by atoms with E-state index in [9.17, 15) is 9.59 Å². The van der Waals surface area contributed by atoms with E-state index in [-0.39, 0.29) is 12.2 Å². The molecule has 0 fully saturated rings. The summed E-state index contributed by atoms with van der Waals surface area (Å²) < 4.78 is 6.80. The number of nitrogens with zero attached hydrogens (tertiary/aromatic N) is 2. The summed E-state index contributed by atoms with van der Waals surface area (Å²) in [6.07, 6.45) is 0. The quantitative estimate of drug-likeness (QED) is 0.697. The van der Waals surface area contributed by atoms with Crippen molar-refractivity contribution in [2.75, 3.05) is 0 Å². The molecule has 2 heterocycles. The molecule has 0 bridgehead atoms. The number of benzene rings is 1. The van der Waals surface area contributed by atoms with Crippen molar-refractivity contribution >= 4 is 22.3 Å². The van der Waals surface area contributed by atoms with Crippen LogP contribution in [0, 0.1) is 13.8 Å². The molecule has 0 aliphatic heterocycles. The number of hydrogen-bond donors (Lipinski definition) is 0. The summed E-state index contributed by atoms with van der Waals surface area (Å²) in [5.41, 5.74) is 2.51. The summed E-state index contributed by atoms with van der Waals surface area (Å²) in [6, 6.07) is 8.61. The number of ether oxygens (including phenoxy) is 1. The minimum atomic E-state index is -0.414. The summed E-state index contributed by atoms with van der Waals surface area (Å²) in [7, 11) is 0. The fraction of sp³-hybridized carbons (Fsp3) is 0.188. The van der Waals surface area contributed by atoms with Crippen LogP contribution in [0.5, 0.6) is 0 Å². The number of fused-ring (bicyclic) bond motifs is 1. The molecule has 3 rings (SSSR count). The van der Waals surface area contributed by atoms with Gasteiger partial charge in [-0.3, -0.25) is 9.20 Å². The highest BCUT2D eigenvalue weighted by Gasteiger charge is 2.12. The van der Waals surface area contributed by atoms with Crippen LogP contribution in [0.15, 0.2) is 40.5 Å². The number of thiazole rings is 1. The first-order chi connectivity index (χ1) is 10.6. The van der Waals surface area contributed by atoms with E-state index in [1.54, 1.807) is 12.1 Å². The zero-order valence-corrected chi connectivity index (χ0v) is 13.0. The van der Waals surface area contributed by atoms with Crippen molar-refractivity contribution in [3.63, 3.8) is 0 Å². The molecule has 5 nitrogen and oxygen atoms in total. The second kappa shape index (κ2) is 5.73. The van der Waals surface area contributed by atoms with Crippen molar-refractivity contribution < 1.29 is 9.53 Å². The summed E-state index contributed by atoms with van der Waals surface area (Å²) in [5, 5.41) is 1.87. The smallest absolute Gasteiger partial charge is 0.338 e. The fourth-order valence-corrected chi connectivity index (χ4v) is 3.08. The molecule has 0 saturated heterocycles. The zero-order valence-electron chi connectivity index (χ0n) is 12.2. The summed E-state index contributed by atoms with van der Waals surface area (Å²) in [6.45, 7) is 3.68. The van der Waals surface area contributed by atoms with Gasteiger partial charge in [-0.1, -0.05) is 18.2 Å². The molecule has 22 heavy (non-hydrogen) atoms. The van der Waals surface area contributed by atoms with Gasteiger partial charge in [0.25, 0.3) is 5.56 Å². The third-order valence-electron chi connectivity index (χ3n) is 3.34. The molecule has 2 aromatic heterocycles. The third-order valence-corrected chi connectivity index (χ3v) is 4.29. The molecule has 0 atom stereocenters. The van der Waals surface area contributed by atoms with E-state index in [0.29, 0.717) is 16.2 Å². The molecular weight excluding hydrogens is 300 g/mol. The molecule has 0 unspecified atom stereocenters. The molecule has 0 aliphatic rings. The van der Waals surface area contributed by atoms with Gasteiger partial charge >= 0.3 is 5.97 Å². The fourth-order valence-electron chi connectivity index (χ4n) is 2.19. The van der Waals surface area contributed by atoms with E-state index in [4.69, 9.17) is 4.74 Å². The zero-order chi connectivity index (χ0) is 15.7. The van der Waals surface area contributed by atoms with Gasteiger partial charge in [0, 0.05) is 17.1 Å². The van der Waals surface area contributed by atoms with Gasteiger partial charge in [-0.15, -0.1) is 11.3 Å². The van der Waals surface area contributed by atoms with Gasteiger partial charge < -0.3 is 4.74 Å². The predicted octanol–water partition coefficient (Wildman–Crippen LogP) is 2.73. The predicted molar refractivity (Wildman–Crippen MR) is 84.4 cm³/mol. The number of hydrogen-bond acceptors (Lipinski definition) is 5. The maximum Gasteiger partial charge on any atom is 0.338 e. The number of carbonyl (C=O) groups excluding carboxylic acids is 1. The van der Waals surface area contributed by atoms with Gasteiger partial charge in [0.2, 0.25) is 0 Å². The molecule has 0 aliphatic carbocycles. The molecule has 0 N–H and O–H groups in total. The average molecular weight is 314 g/mol. The Hall–Kier alpha value is -2.47. The molecule has 6 heteroatoms. The van der Waals surface area contributed by atoms with Gasteiger partial charge in [0.15, 0.2) is 4.96 Å². The molecule has 1 aromatic carbocycles. The number of aromatic nitrogens is 2. The maximum absolute atomic E-state index is 12.1. The Labute approximate surface area is 130 Å². The van der Waals surface area contributed by atoms with E-state index >= 15 is 0 Å². The minimum absolute atomic E-state index is 0.0180. The Balaban J connectivity index is 1.81. The molecular formula is C16H14N2O3S. The Morgan fingerprint density at radius 2 is 2.09 bits per heavy atom. The maximum atomic E-state index is 12.1. The lowest BCUT2D eigenvalue weighted by Gasteiger charge is -2.06. The van der Waals surface area contributed by atoms with Crippen LogP contribution in [0.2, 0.25) is 0 Å². The summed E-state index contributed by atoms with van der Waals surface area (Å²) in [5.74, 6) is -0.414. The number of carbonyl (C=O) groups is 1. The van der Waals surface area contributed by atoms with Crippen molar-refractivity contribution in [1.29, 1.82) is 0 Å². The van der Waals surface area contributed by atoms with Crippen LogP contribution in [-0.4, -0.2) is 15.4 Å². The third kappa shape index (κ3) is 2.65. The first-order valence-corrected chi connectivity index (χ1v) is 7.64. The second-order valence-corrected chi connectivity index (χ2v) is 5.81. The topological polar surface area (TPSA) is 60.7 Å². The first kappa shape index (κ1) is 14.5. The average Bonchev–Trinajstić information content (AvgIpc) is 2.87. The van der Waals surface area contributed by atoms with Crippen LogP contribution < -0.4 is 5.56 Å². The summed E-state index contributed by atoms with van der Waals surface area (Å²) in [4.78, 5) is 29.1. The van der Waals surface area contributed by atoms with Gasteiger partial charge in [-0.25, -0.2) is 9.78 Å². The lowest BCUT2D eigenvalue weighted by molar-refractivity contribution is 0.0467. The van der Waals surface area contributed by atoms with Crippen LogP contribution in [0.4, 0.5) is 0 Å². The Morgan fingerprint density at radius 1 is 1.32 bits per heavy atom. The van der Waals surface area contributed by atoms with Crippen molar-refractivity contribution in [3.05, 3.63) is 68.6 Å². The van der Waals surface area contributed by atoms with Gasteiger partial charge in [0.05, 0.1) is 11.3 Å². The number of esters is 1. The van der Waals surface area contributed by atoms with Crippen LogP contribution in [0.25, 0.3) is 4.96 Å². The normalized spacial score (nSPS) is 10.8. The summed E-state index contributed by atoms with van der Waals surface area (Å²) >= 11 is 1.39. The highest BCUT2D eigenvalue weighted by atomic mass is 32.1. The monoisotopic (exact) mass is 314 g/mol. The number of rotatable bonds is 3. The Bertz CT molecular complexity index is 911. The van der Waals surface area contributed by atoms with E-state index in [0.717, 1.165) is 11.3 Å². The minimum Gasteiger partial charge on any atom is -0.456 e. The van der Waals surface area contributed by atoms with Crippen LogP contribution in [0.3, 0.4) is 0 Å². The largest absolute Gasteiger partial charge is 0.456 e. The lowest BCUT2D eigenvalue weighted by Crippen LogP contribution is -2.16. The van der Waals surface area contributed by atoms with Crippen LogP contribution >= 0.6 is 11.3 Å². The highest BCUT2D eigenvalue weighted by molar-refractivity contribution is 7.15. The van der Waals surface area contributed by atoms with Gasteiger partial charge in [-0.2, -0.15) is 0 Å². The van der Waals surface area contributed by atoms with Crippen LogP contribution in [0.1, 0.15) is 27.3 Å². The molecule has 0 spiro atoms. The van der Waals surface area contributed by atoms with Gasteiger partial charge in [-0.05, 0) is 25.5 Å². The van der Waals surface area contributed by atoms with E-state index in [1.165, 1.54) is 21.8 Å². The van der Waals surface area contributed by atoms with E-state index < -0.39 is 5.97 Å². The van der Waals surface area contributed by atoms with Gasteiger partial charge in [0.1, 0.15) is 6.61 Å². The van der Waals surface area contributed by atoms with E-state index in [2.05, 4.69) is 4.98 Å². The van der Waals surface area contributed by atoms with Crippen molar-refractivity contribution in [2.24, 2.45) is 0 Å². The lowest BCUT2D eigenvalue weighted by atomic mass is 10.1. The van der Waals surface area contributed by atoms with Crippen molar-refractivity contribution in [1.82, 2.24) is 9.38 Å². The molecule has 112 valence electrons. The van der Waals surface area contributed by atoms with Crippen LogP contribution in [-0.2, 0) is 11.3 Å². The Morgan fingerprint density at radius 3 is 2.86 bits per heavy atom. The molecule has 0 radical (unpaired) electrons. The molecule has 0 saturated carbocycles. The second-order valence-electron chi connectivity index (χ2n) is 4.97. The first-order valence-electron chi connectivity index (χ1n) is 6.76. The number of aryl methyl sites for hydroxylation is 2. The molecule has 0 amide bonds. The van der Waals surface area contributed by atoms with E-state index in [1.807, 2.05) is 31.4 Å². The van der Waals surface area contributed by atoms with Crippen molar-refractivity contribution in [2.45, 2.75) is 20.5 Å². The Kier molecular flexibility index (Phi) is 3.77. The SMILES string of the molecule is Cc1ccccc1C(=O)OCc1cc(=O)n2c(C)csc2n1. The standard InChI is InChI=1S/C16H14N2O3S/c1-10-5-3-4-6-13(10)15(20)21-8-12-7-14(19)18-11(2)9-22-16(18)17-12/h3-7,9H,8H2,1-2H3. The molecule has 3 aromatic rings.